The number of amides is 1. The lowest BCUT2D eigenvalue weighted by atomic mass is 10.1. The van der Waals surface area contributed by atoms with Gasteiger partial charge < -0.3 is 15.7 Å². The first-order valence-electron chi connectivity index (χ1n) is 5.41. The van der Waals surface area contributed by atoms with Gasteiger partial charge in [0.2, 0.25) is 0 Å². The quantitative estimate of drug-likeness (QED) is 0.469. The lowest BCUT2D eigenvalue weighted by molar-refractivity contribution is 0.0777. The van der Waals surface area contributed by atoms with E-state index in [1.165, 1.54) is 23.1 Å². The largest absolute Gasteiger partial charge is 0.508 e. The Kier molecular flexibility index (Phi) is 4.41. The fourth-order valence-electron chi connectivity index (χ4n) is 1.53. The average Bonchev–Trinajstić information content (AvgIpc) is 2.31. The normalized spacial score (nSPS) is 9.65. The van der Waals surface area contributed by atoms with Crippen molar-refractivity contribution in [1.82, 2.24) is 4.90 Å². The predicted molar refractivity (Wildman–Crippen MR) is 67.5 cm³/mol. The molecule has 17 heavy (non-hydrogen) atoms. The maximum absolute atomic E-state index is 12.1. The number of hydrogen-bond acceptors (Lipinski definition) is 3. The maximum Gasteiger partial charge on any atom is 0.256 e. The van der Waals surface area contributed by atoms with Crippen molar-refractivity contribution in [1.29, 1.82) is 0 Å². The van der Waals surface area contributed by atoms with E-state index in [2.05, 4.69) is 5.92 Å². The summed E-state index contributed by atoms with van der Waals surface area (Å²) >= 11 is 0. The Morgan fingerprint density at radius 1 is 1.59 bits per heavy atom. The second kappa shape index (κ2) is 5.80. The number of hydrogen-bond donors (Lipinski definition) is 2. The van der Waals surface area contributed by atoms with Gasteiger partial charge in [0.25, 0.3) is 5.91 Å². The summed E-state index contributed by atoms with van der Waals surface area (Å²) in [5.41, 5.74) is 6.33. The Balaban J connectivity index is 3.00. The van der Waals surface area contributed by atoms with Gasteiger partial charge >= 0.3 is 0 Å². The van der Waals surface area contributed by atoms with Crippen LogP contribution in [0, 0.1) is 12.3 Å². The number of phenols is 1. The van der Waals surface area contributed by atoms with Gasteiger partial charge in [-0.25, -0.2) is 0 Å². The van der Waals surface area contributed by atoms with Crippen LogP contribution in [-0.4, -0.2) is 29.0 Å². The smallest absolute Gasteiger partial charge is 0.256 e. The number of nitrogens with zero attached hydrogens (tertiary/aromatic N) is 1. The van der Waals surface area contributed by atoms with Crippen molar-refractivity contribution in [3.8, 4) is 18.1 Å². The highest BCUT2D eigenvalue weighted by Gasteiger charge is 2.17. The molecular formula is C13H16N2O2. The van der Waals surface area contributed by atoms with Gasteiger partial charge in [-0.2, -0.15) is 0 Å². The lowest BCUT2D eigenvalue weighted by Gasteiger charge is -2.20. The zero-order valence-corrected chi connectivity index (χ0v) is 9.81. The number of anilines is 1. The number of nitrogens with two attached hydrogens (primary N) is 1. The van der Waals surface area contributed by atoms with Crippen molar-refractivity contribution in [2.75, 3.05) is 18.8 Å². The number of rotatable bonds is 4. The van der Waals surface area contributed by atoms with Gasteiger partial charge in [-0.05, 0) is 24.6 Å². The van der Waals surface area contributed by atoms with Gasteiger partial charge in [0.15, 0.2) is 0 Å². The molecule has 0 saturated heterocycles. The number of nitrogen functional groups attached to an aromatic ring is 1. The third kappa shape index (κ3) is 3.15. The Morgan fingerprint density at radius 3 is 2.88 bits per heavy atom. The molecule has 0 atom stereocenters. The molecule has 0 radical (unpaired) electrons. The summed E-state index contributed by atoms with van der Waals surface area (Å²) < 4.78 is 0. The molecule has 0 bridgehead atoms. The number of carbonyl (C=O) groups is 1. The van der Waals surface area contributed by atoms with Gasteiger partial charge in [0.1, 0.15) is 5.75 Å². The number of benzene rings is 1. The van der Waals surface area contributed by atoms with Crippen LogP contribution in [0.3, 0.4) is 0 Å². The first-order valence-corrected chi connectivity index (χ1v) is 5.41. The van der Waals surface area contributed by atoms with Crippen LogP contribution in [0.2, 0.25) is 0 Å². The van der Waals surface area contributed by atoms with Crippen molar-refractivity contribution in [2.24, 2.45) is 0 Å². The van der Waals surface area contributed by atoms with Crippen molar-refractivity contribution in [3.63, 3.8) is 0 Å². The molecule has 4 nitrogen and oxygen atoms in total. The zero-order chi connectivity index (χ0) is 12.8. The van der Waals surface area contributed by atoms with E-state index in [4.69, 9.17) is 12.2 Å². The van der Waals surface area contributed by atoms with E-state index in [1.54, 1.807) is 0 Å². The molecule has 90 valence electrons. The first-order chi connectivity index (χ1) is 8.10. The minimum absolute atomic E-state index is 0.0136. The Bertz CT molecular complexity index is 449. The fourth-order valence-corrected chi connectivity index (χ4v) is 1.53. The van der Waals surface area contributed by atoms with Gasteiger partial charge in [0.05, 0.1) is 12.1 Å². The monoisotopic (exact) mass is 232 g/mol. The van der Waals surface area contributed by atoms with Gasteiger partial charge in [0, 0.05) is 12.2 Å². The summed E-state index contributed by atoms with van der Waals surface area (Å²) in [5.74, 6) is 2.20. The van der Waals surface area contributed by atoms with Crippen LogP contribution in [0.15, 0.2) is 18.2 Å². The standard InChI is InChI=1S/C13H16N2O2/c1-3-7-15(8-4-2)13(17)11-9-10(16)5-6-12(11)14/h1,5-6,9,16H,4,7-8,14H2,2H3. The lowest BCUT2D eigenvalue weighted by Crippen LogP contribution is -2.32. The number of carbonyl (C=O) groups excluding carboxylic acids is 1. The average molecular weight is 232 g/mol. The highest BCUT2D eigenvalue weighted by molar-refractivity contribution is 5.99. The van der Waals surface area contributed by atoms with Gasteiger partial charge in [-0.3, -0.25) is 4.79 Å². The van der Waals surface area contributed by atoms with E-state index in [-0.39, 0.29) is 23.8 Å². The Hall–Kier alpha value is -2.15. The molecule has 0 aliphatic carbocycles. The molecule has 0 aliphatic heterocycles. The highest BCUT2D eigenvalue weighted by atomic mass is 16.3. The molecule has 4 heteroatoms. The number of aromatic hydroxyl groups is 1. The summed E-state index contributed by atoms with van der Waals surface area (Å²) in [6, 6.07) is 4.30. The Labute approximate surface area is 101 Å². The summed E-state index contributed by atoms with van der Waals surface area (Å²) in [5, 5.41) is 9.36. The van der Waals surface area contributed by atoms with E-state index in [0.29, 0.717) is 12.2 Å². The van der Waals surface area contributed by atoms with Crippen LogP contribution >= 0.6 is 0 Å². The van der Waals surface area contributed by atoms with Crippen molar-refractivity contribution < 1.29 is 9.90 Å². The van der Waals surface area contributed by atoms with E-state index >= 15 is 0 Å². The van der Waals surface area contributed by atoms with E-state index in [0.717, 1.165) is 6.42 Å². The fraction of sp³-hybridized carbons (Fsp3) is 0.308. The molecular weight excluding hydrogens is 216 g/mol. The van der Waals surface area contributed by atoms with Gasteiger partial charge in [-0.15, -0.1) is 6.42 Å². The van der Waals surface area contributed by atoms with Crippen LogP contribution in [0.1, 0.15) is 23.7 Å². The third-order valence-electron chi connectivity index (χ3n) is 2.33. The van der Waals surface area contributed by atoms with Crippen molar-refractivity contribution >= 4 is 11.6 Å². The van der Waals surface area contributed by atoms with Crippen molar-refractivity contribution in [3.05, 3.63) is 23.8 Å². The Morgan fingerprint density at radius 2 is 2.29 bits per heavy atom. The van der Waals surface area contributed by atoms with E-state index in [9.17, 15) is 9.90 Å². The molecule has 0 fully saturated rings. The van der Waals surface area contributed by atoms with Gasteiger partial charge in [-0.1, -0.05) is 12.8 Å². The van der Waals surface area contributed by atoms with Crippen LogP contribution < -0.4 is 5.73 Å². The minimum Gasteiger partial charge on any atom is -0.508 e. The SMILES string of the molecule is C#CCN(CCC)C(=O)c1cc(O)ccc1N. The topological polar surface area (TPSA) is 66.6 Å². The molecule has 0 saturated carbocycles. The molecule has 0 aromatic heterocycles. The van der Waals surface area contributed by atoms with Crippen molar-refractivity contribution in [2.45, 2.75) is 13.3 Å². The molecule has 1 aromatic carbocycles. The molecule has 0 aliphatic rings. The highest BCUT2D eigenvalue weighted by Crippen LogP contribution is 2.20. The van der Waals surface area contributed by atoms with E-state index in [1.807, 2.05) is 6.92 Å². The summed E-state index contributed by atoms with van der Waals surface area (Å²) in [7, 11) is 0. The van der Waals surface area contributed by atoms with Crippen LogP contribution in [0.5, 0.6) is 5.75 Å². The van der Waals surface area contributed by atoms with E-state index < -0.39 is 0 Å². The number of phenolic OH excluding ortho intramolecular Hbond substituents is 1. The maximum atomic E-state index is 12.1. The summed E-state index contributed by atoms with van der Waals surface area (Å²) in [4.78, 5) is 13.7. The minimum atomic E-state index is -0.252. The second-order valence-electron chi connectivity index (χ2n) is 3.70. The van der Waals surface area contributed by atoms with Crippen LogP contribution in [0.25, 0.3) is 0 Å². The molecule has 1 rings (SSSR count). The molecule has 1 amide bonds. The van der Waals surface area contributed by atoms with Crippen LogP contribution in [0.4, 0.5) is 5.69 Å². The summed E-state index contributed by atoms with van der Waals surface area (Å²) in [6.45, 7) is 2.77. The predicted octanol–water partition coefficient (Wildman–Crippen LogP) is 1.46. The zero-order valence-electron chi connectivity index (χ0n) is 9.81. The second-order valence-corrected chi connectivity index (χ2v) is 3.70. The third-order valence-corrected chi connectivity index (χ3v) is 2.33. The summed E-state index contributed by atoms with van der Waals surface area (Å²) in [6.07, 6.45) is 6.03. The molecule has 0 spiro atoms. The first kappa shape index (κ1) is 12.9. The molecule has 0 heterocycles. The molecule has 0 unspecified atom stereocenters. The molecule has 3 N–H and O–H groups in total. The number of terminal acetylenes is 1. The van der Waals surface area contributed by atoms with Crippen LogP contribution in [-0.2, 0) is 0 Å². The molecule has 1 aromatic rings.